The van der Waals surface area contributed by atoms with Gasteiger partial charge in [0.2, 0.25) is 5.91 Å². The van der Waals surface area contributed by atoms with E-state index in [9.17, 15) is 24.3 Å². The van der Waals surface area contributed by atoms with E-state index in [0.29, 0.717) is 0 Å². The first kappa shape index (κ1) is 32.1. The van der Waals surface area contributed by atoms with Crippen LogP contribution in [0.5, 0.6) is 0 Å². The summed E-state index contributed by atoms with van der Waals surface area (Å²) in [6.07, 6.45) is -1.55. The van der Waals surface area contributed by atoms with Crippen LogP contribution in [0.2, 0.25) is 0 Å². The maximum atomic E-state index is 13.7. The smallest absolute Gasteiger partial charge is 0.408 e. The van der Waals surface area contributed by atoms with Crippen LogP contribution in [0, 0.1) is 0 Å². The molecule has 10 heteroatoms. The molecule has 44 heavy (non-hydrogen) atoms. The van der Waals surface area contributed by atoms with Crippen LogP contribution in [-0.2, 0) is 25.5 Å². The number of carbonyl (C=O) groups excluding carboxylic acids is 3. The molecule has 0 aromatic heterocycles. The van der Waals surface area contributed by atoms with Crippen molar-refractivity contribution in [2.24, 2.45) is 0 Å². The number of carbonyl (C=O) groups is 4. The van der Waals surface area contributed by atoms with Crippen LogP contribution in [-0.4, -0.2) is 71.5 Å². The number of hydrogen-bond donors (Lipinski definition) is 3. The third-order valence-corrected chi connectivity index (χ3v) is 7.60. The summed E-state index contributed by atoms with van der Waals surface area (Å²) in [6, 6.07) is 21.3. The van der Waals surface area contributed by atoms with Crippen LogP contribution in [0.3, 0.4) is 0 Å². The molecule has 1 aliphatic rings. The van der Waals surface area contributed by atoms with Crippen LogP contribution < -0.4 is 10.6 Å². The molecule has 3 aromatic rings. The number of hydrogen-bond acceptors (Lipinski definition) is 6. The number of benzene rings is 3. The van der Waals surface area contributed by atoms with Crippen molar-refractivity contribution in [1.29, 1.82) is 0 Å². The van der Waals surface area contributed by atoms with Crippen molar-refractivity contribution in [2.45, 2.75) is 63.8 Å². The molecule has 1 unspecified atom stereocenters. The van der Waals surface area contributed by atoms with Crippen LogP contribution in [0.15, 0.2) is 78.9 Å². The van der Waals surface area contributed by atoms with Gasteiger partial charge < -0.3 is 30.1 Å². The Balaban J connectivity index is 1.44. The van der Waals surface area contributed by atoms with Crippen molar-refractivity contribution in [2.75, 3.05) is 13.7 Å². The zero-order chi connectivity index (χ0) is 32.0. The summed E-state index contributed by atoms with van der Waals surface area (Å²) in [5.74, 6) is -2.09. The number of ether oxygens (including phenoxy) is 2. The molecule has 3 N–H and O–H groups in total. The fraction of sp³-hybridized carbons (Fsp3) is 0.353. The molecule has 0 aliphatic heterocycles. The number of likely N-dealkylation sites (N-methyl/N-ethyl adjacent to an activating group) is 1. The maximum Gasteiger partial charge on any atom is 0.408 e. The Kier molecular flexibility index (Phi) is 9.93. The highest BCUT2D eigenvalue weighted by molar-refractivity contribution is 5.88. The molecule has 0 fully saturated rings. The Morgan fingerprint density at radius 1 is 0.841 bits per heavy atom. The van der Waals surface area contributed by atoms with Crippen molar-refractivity contribution in [3.8, 4) is 11.1 Å². The zero-order valence-corrected chi connectivity index (χ0v) is 25.6. The fourth-order valence-electron chi connectivity index (χ4n) is 5.33. The average Bonchev–Trinajstić information content (AvgIpc) is 3.30. The van der Waals surface area contributed by atoms with E-state index in [2.05, 4.69) is 10.6 Å². The largest absolute Gasteiger partial charge is 0.480 e. The van der Waals surface area contributed by atoms with Crippen molar-refractivity contribution in [3.63, 3.8) is 0 Å². The van der Waals surface area contributed by atoms with Crippen LogP contribution in [0.1, 0.15) is 50.3 Å². The highest BCUT2D eigenvalue weighted by Crippen LogP contribution is 2.44. The Labute approximate surface area is 257 Å². The minimum atomic E-state index is -1.49. The van der Waals surface area contributed by atoms with Gasteiger partial charge in [0, 0.05) is 19.4 Å². The molecule has 0 radical (unpaired) electrons. The minimum Gasteiger partial charge on any atom is -0.480 e. The summed E-state index contributed by atoms with van der Waals surface area (Å²) in [6.45, 7) is 6.64. The van der Waals surface area contributed by atoms with Gasteiger partial charge in [-0.25, -0.2) is 14.4 Å². The lowest BCUT2D eigenvalue weighted by Gasteiger charge is -2.33. The highest BCUT2D eigenvalue weighted by atomic mass is 16.6. The van der Waals surface area contributed by atoms with Gasteiger partial charge in [0.1, 0.15) is 24.3 Å². The number of nitrogens with one attached hydrogen (secondary N) is 2. The highest BCUT2D eigenvalue weighted by Gasteiger charge is 2.36. The van der Waals surface area contributed by atoms with E-state index < -0.39 is 47.8 Å². The summed E-state index contributed by atoms with van der Waals surface area (Å²) >= 11 is 0. The van der Waals surface area contributed by atoms with E-state index in [1.54, 1.807) is 20.8 Å². The number of fused-ring (bicyclic) bond motifs is 3. The number of carboxylic acids is 1. The van der Waals surface area contributed by atoms with Gasteiger partial charge in [0.25, 0.3) is 0 Å². The van der Waals surface area contributed by atoms with Crippen LogP contribution in [0.25, 0.3) is 11.1 Å². The first-order valence-electron chi connectivity index (χ1n) is 14.5. The monoisotopic (exact) mass is 601 g/mol. The second-order valence-corrected chi connectivity index (χ2v) is 11.9. The van der Waals surface area contributed by atoms with Crippen LogP contribution in [0.4, 0.5) is 9.59 Å². The Morgan fingerprint density at radius 2 is 1.39 bits per heavy atom. The predicted octanol–water partition coefficient (Wildman–Crippen LogP) is 4.96. The molecule has 232 valence electrons. The van der Waals surface area contributed by atoms with Gasteiger partial charge in [-0.3, -0.25) is 4.79 Å². The van der Waals surface area contributed by atoms with E-state index in [0.717, 1.165) is 27.8 Å². The molecule has 4 rings (SSSR count). The number of carboxylic acid groups (broad SMARTS) is 1. The molecule has 0 heterocycles. The average molecular weight is 602 g/mol. The van der Waals surface area contributed by atoms with E-state index in [4.69, 9.17) is 9.47 Å². The SMILES string of the molecule is C[C@@H]([C@H](NC(=O)OCC1c2ccccc2-c2ccccc21)C(=O)O)N(C)C(=O)C(Cc1ccccc1)NC(=O)OC(C)(C)C. The summed E-state index contributed by atoms with van der Waals surface area (Å²) in [5, 5.41) is 15.1. The number of rotatable bonds is 10. The topological polar surface area (TPSA) is 134 Å². The van der Waals surface area contributed by atoms with E-state index in [1.807, 2.05) is 78.9 Å². The molecule has 0 spiro atoms. The summed E-state index contributed by atoms with van der Waals surface area (Å²) in [7, 11) is 1.43. The fourth-order valence-corrected chi connectivity index (χ4v) is 5.33. The standard InChI is InChI=1S/C34H39N3O7/c1-21(37(5)30(38)28(19-22-13-7-6-8-14-22)35-33(42)44-34(2,3)4)29(31(39)40)36-32(41)43-20-27-25-17-11-9-15-23(25)24-16-10-12-18-26(24)27/h6-18,21,27-29H,19-20H2,1-5H3,(H,35,42)(H,36,41)(H,39,40)/t21-,28?,29-/m0/s1. The molecule has 3 atom stereocenters. The lowest BCUT2D eigenvalue weighted by Crippen LogP contribution is -2.58. The minimum absolute atomic E-state index is 0.00824. The molecule has 3 amide bonds. The Bertz CT molecular complexity index is 1460. The molecule has 3 aromatic carbocycles. The second kappa shape index (κ2) is 13.6. The van der Waals surface area contributed by atoms with Crippen molar-refractivity contribution in [3.05, 3.63) is 95.6 Å². The third kappa shape index (κ3) is 7.75. The van der Waals surface area contributed by atoms with Gasteiger partial charge in [-0.05, 0) is 55.5 Å². The predicted molar refractivity (Wildman–Crippen MR) is 165 cm³/mol. The maximum absolute atomic E-state index is 13.7. The lowest BCUT2D eigenvalue weighted by atomic mass is 9.98. The third-order valence-electron chi connectivity index (χ3n) is 7.60. The Morgan fingerprint density at radius 3 is 1.93 bits per heavy atom. The summed E-state index contributed by atoms with van der Waals surface area (Å²) in [5.41, 5.74) is 4.19. The van der Waals surface area contributed by atoms with E-state index >= 15 is 0 Å². The second-order valence-electron chi connectivity index (χ2n) is 11.9. The Hall–Kier alpha value is -4.86. The number of nitrogens with zero attached hydrogens (tertiary/aromatic N) is 1. The molecule has 0 saturated carbocycles. The van der Waals surface area contributed by atoms with Gasteiger partial charge >= 0.3 is 18.2 Å². The summed E-state index contributed by atoms with van der Waals surface area (Å²) < 4.78 is 10.9. The lowest BCUT2D eigenvalue weighted by molar-refractivity contribution is -0.143. The molecular weight excluding hydrogens is 562 g/mol. The van der Waals surface area contributed by atoms with Crippen molar-refractivity contribution >= 4 is 24.1 Å². The molecule has 0 bridgehead atoms. The van der Waals surface area contributed by atoms with Gasteiger partial charge in [-0.15, -0.1) is 0 Å². The van der Waals surface area contributed by atoms with Crippen molar-refractivity contribution < 1.29 is 33.8 Å². The van der Waals surface area contributed by atoms with E-state index in [1.165, 1.54) is 18.9 Å². The van der Waals surface area contributed by atoms with Gasteiger partial charge in [-0.1, -0.05) is 78.9 Å². The normalized spacial score (nSPS) is 14.3. The van der Waals surface area contributed by atoms with Gasteiger partial charge in [-0.2, -0.15) is 0 Å². The molecule has 0 saturated heterocycles. The van der Waals surface area contributed by atoms with Gasteiger partial charge in [0.05, 0.1) is 6.04 Å². The van der Waals surface area contributed by atoms with Crippen LogP contribution >= 0.6 is 0 Å². The molecular formula is C34H39N3O7. The van der Waals surface area contributed by atoms with E-state index in [-0.39, 0.29) is 18.9 Å². The molecule has 1 aliphatic carbocycles. The first-order chi connectivity index (χ1) is 20.9. The van der Waals surface area contributed by atoms with Crippen molar-refractivity contribution in [1.82, 2.24) is 15.5 Å². The zero-order valence-electron chi connectivity index (χ0n) is 25.6. The number of amides is 3. The molecule has 10 nitrogen and oxygen atoms in total. The number of alkyl carbamates (subject to hydrolysis) is 2. The first-order valence-corrected chi connectivity index (χ1v) is 14.5. The van der Waals surface area contributed by atoms with Gasteiger partial charge in [0.15, 0.2) is 0 Å². The number of aliphatic carboxylic acids is 1. The quantitative estimate of drug-likeness (QED) is 0.299. The summed E-state index contributed by atoms with van der Waals surface area (Å²) in [4.78, 5) is 52.7.